The van der Waals surface area contributed by atoms with Gasteiger partial charge in [0, 0.05) is 0 Å². The monoisotopic (exact) mass is 443 g/mol. The van der Waals surface area contributed by atoms with E-state index in [0.717, 1.165) is 0 Å². The van der Waals surface area contributed by atoms with Gasteiger partial charge < -0.3 is 32.2 Å². The van der Waals surface area contributed by atoms with Crippen LogP contribution in [0.25, 0.3) is 0 Å². The zero-order chi connectivity index (χ0) is 24.5. The lowest BCUT2D eigenvalue weighted by atomic mass is 10.00. The van der Waals surface area contributed by atoms with Crippen LogP contribution in [-0.4, -0.2) is 59.9 Å². The van der Waals surface area contributed by atoms with Crippen molar-refractivity contribution in [1.82, 2.24) is 16.0 Å². The van der Waals surface area contributed by atoms with Crippen molar-refractivity contribution >= 4 is 29.6 Å². The number of ether oxygens (including phenoxy) is 1. The summed E-state index contributed by atoms with van der Waals surface area (Å²) in [6.07, 6.45) is -0.342. The van der Waals surface area contributed by atoms with E-state index < -0.39 is 59.9 Å². The molecule has 0 aromatic heterocycles. The Kier molecular flexibility index (Phi) is 11.2. The van der Waals surface area contributed by atoms with Crippen LogP contribution in [0.3, 0.4) is 0 Å². The number of amides is 4. The van der Waals surface area contributed by atoms with Crippen LogP contribution in [0.5, 0.6) is 0 Å². The van der Waals surface area contributed by atoms with Gasteiger partial charge in [0.15, 0.2) is 0 Å². The number of carbonyl (C=O) groups excluding carboxylic acids is 5. The van der Waals surface area contributed by atoms with Gasteiger partial charge in [0.05, 0.1) is 19.0 Å². The van der Waals surface area contributed by atoms with Gasteiger partial charge in [0.1, 0.15) is 17.7 Å². The molecular formula is C20H37N5O6. The van der Waals surface area contributed by atoms with Crippen molar-refractivity contribution < 1.29 is 28.7 Å². The van der Waals surface area contributed by atoms with E-state index in [1.807, 2.05) is 0 Å². The lowest BCUT2D eigenvalue weighted by Crippen LogP contribution is -2.57. The molecule has 0 rings (SSSR count). The molecular weight excluding hydrogens is 406 g/mol. The average molecular weight is 444 g/mol. The molecule has 4 amide bonds. The number of carbonyl (C=O) groups is 5. The maximum atomic E-state index is 12.5. The van der Waals surface area contributed by atoms with Gasteiger partial charge in [-0.2, -0.15) is 0 Å². The zero-order valence-electron chi connectivity index (χ0n) is 19.4. The Balaban J connectivity index is 4.78. The van der Waals surface area contributed by atoms with E-state index in [9.17, 15) is 24.0 Å². The van der Waals surface area contributed by atoms with Crippen LogP contribution >= 0.6 is 0 Å². The highest BCUT2D eigenvalue weighted by Gasteiger charge is 2.29. The molecule has 31 heavy (non-hydrogen) atoms. The van der Waals surface area contributed by atoms with Crippen molar-refractivity contribution in [2.45, 2.75) is 78.6 Å². The van der Waals surface area contributed by atoms with E-state index in [2.05, 4.69) is 16.0 Å². The molecule has 0 aliphatic rings. The minimum atomic E-state index is -1.19. The average Bonchev–Trinajstić information content (AvgIpc) is 2.59. The van der Waals surface area contributed by atoms with E-state index >= 15 is 0 Å². The summed E-state index contributed by atoms with van der Waals surface area (Å²) in [7, 11) is 0. The molecule has 0 saturated carbocycles. The summed E-state index contributed by atoms with van der Waals surface area (Å²) in [6.45, 7) is 11.5. The van der Waals surface area contributed by atoms with Crippen molar-refractivity contribution in [3.8, 4) is 0 Å². The second kappa shape index (κ2) is 12.2. The smallest absolute Gasteiger partial charge is 0.308 e. The van der Waals surface area contributed by atoms with Crippen LogP contribution in [-0.2, 0) is 28.7 Å². The first-order chi connectivity index (χ1) is 14.0. The first-order valence-electron chi connectivity index (χ1n) is 10.2. The van der Waals surface area contributed by atoms with Gasteiger partial charge in [-0.05, 0) is 32.6 Å². The van der Waals surface area contributed by atoms with Gasteiger partial charge in [-0.3, -0.25) is 24.0 Å². The van der Waals surface area contributed by atoms with Crippen LogP contribution in [0.2, 0.25) is 0 Å². The number of hydrogen-bond acceptors (Lipinski definition) is 7. The molecule has 0 unspecified atom stereocenters. The van der Waals surface area contributed by atoms with Crippen LogP contribution in [0.4, 0.5) is 0 Å². The third-order valence-corrected chi connectivity index (χ3v) is 4.10. The Morgan fingerprint density at radius 1 is 0.871 bits per heavy atom. The molecule has 0 bridgehead atoms. The molecule has 0 aliphatic heterocycles. The van der Waals surface area contributed by atoms with E-state index in [1.54, 1.807) is 48.5 Å². The molecule has 0 aromatic carbocycles. The second-order valence-electron chi connectivity index (χ2n) is 9.04. The van der Waals surface area contributed by atoms with Crippen LogP contribution in [0.1, 0.15) is 54.9 Å². The van der Waals surface area contributed by atoms with Crippen molar-refractivity contribution in [1.29, 1.82) is 0 Å². The number of primary amides is 1. The number of esters is 1. The maximum Gasteiger partial charge on any atom is 0.308 e. The minimum absolute atomic E-state index is 0.226. The van der Waals surface area contributed by atoms with Crippen LogP contribution in [0, 0.1) is 11.8 Å². The molecule has 0 aromatic rings. The molecule has 0 heterocycles. The molecule has 3 atom stereocenters. The van der Waals surface area contributed by atoms with Crippen molar-refractivity contribution in [3.63, 3.8) is 0 Å². The summed E-state index contributed by atoms with van der Waals surface area (Å²) in [6, 6.07) is -3.01. The summed E-state index contributed by atoms with van der Waals surface area (Å²) in [4.78, 5) is 60.1. The summed E-state index contributed by atoms with van der Waals surface area (Å²) in [5.41, 5.74) is 10.3. The van der Waals surface area contributed by atoms with E-state index in [4.69, 9.17) is 16.2 Å². The fourth-order valence-corrected chi connectivity index (χ4v) is 2.52. The van der Waals surface area contributed by atoms with E-state index in [-0.39, 0.29) is 18.3 Å². The fourth-order valence-electron chi connectivity index (χ4n) is 2.52. The van der Waals surface area contributed by atoms with Crippen LogP contribution in [0.15, 0.2) is 0 Å². The highest BCUT2D eigenvalue weighted by Crippen LogP contribution is 2.09. The van der Waals surface area contributed by atoms with E-state index in [1.165, 1.54) is 0 Å². The van der Waals surface area contributed by atoms with Crippen molar-refractivity contribution in [2.75, 3.05) is 6.54 Å². The number of rotatable bonds is 11. The first-order valence-corrected chi connectivity index (χ1v) is 10.2. The molecule has 0 saturated heterocycles. The van der Waals surface area contributed by atoms with Gasteiger partial charge in [-0.15, -0.1) is 0 Å². The lowest BCUT2D eigenvalue weighted by Gasteiger charge is -2.26. The minimum Gasteiger partial charge on any atom is -0.460 e. The molecule has 0 radical (unpaired) electrons. The van der Waals surface area contributed by atoms with Gasteiger partial charge in [-0.1, -0.05) is 27.7 Å². The number of nitrogens with one attached hydrogen (secondary N) is 3. The Bertz CT molecular complexity index is 671. The summed E-state index contributed by atoms with van der Waals surface area (Å²) >= 11 is 0. The maximum absolute atomic E-state index is 12.5. The first kappa shape index (κ1) is 28.3. The third kappa shape index (κ3) is 11.3. The van der Waals surface area contributed by atoms with Gasteiger partial charge >= 0.3 is 5.97 Å². The molecule has 11 nitrogen and oxygen atoms in total. The summed E-state index contributed by atoms with van der Waals surface area (Å²) in [5, 5.41) is 7.38. The Morgan fingerprint density at radius 3 is 1.81 bits per heavy atom. The normalized spacial score (nSPS) is 14.4. The molecule has 0 fully saturated rings. The predicted octanol–water partition coefficient (Wildman–Crippen LogP) is -1.07. The van der Waals surface area contributed by atoms with Crippen molar-refractivity contribution in [2.24, 2.45) is 23.3 Å². The second-order valence-corrected chi connectivity index (χ2v) is 9.04. The number of hydrogen-bond donors (Lipinski definition) is 5. The van der Waals surface area contributed by atoms with E-state index in [0.29, 0.717) is 0 Å². The van der Waals surface area contributed by atoms with Crippen LogP contribution < -0.4 is 27.4 Å². The zero-order valence-corrected chi connectivity index (χ0v) is 19.4. The summed E-state index contributed by atoms with van der Waals surface area (Å²) in [5.74, 6) is -3.74. The van der Waals surface area contributed by atoms with Gasteiger partial charge in [0.25, 0.3) is 0 Å². The van der Waals surface area contributed by atoms with Crippen molar-refractivity contribution in [3.05, 3.63) is 0 Å². The predicted molar refractivity (Wildman–Crippen MR) is 114 cm³/mol. The summed E-state index contributed by atoms with van der Waals surface area (Å²) < 4.78 is 5.10. The Labute approximate surface area is 183 Å². The molecule has 0 spiro atoms. The van der Waals surface area contributed by atoms with Gasteiger partial charge in [0.2, 0.25) is 23.6 Å². The highest BCUT2D eigenvalue weighted by atomic mass is 16.6. The molecule has 0 aliphatic carbocycles. The quantitative estimate of drug-likeness (QED) is 0.252. The fraction of sp³-hybridized carbons (Fsp3) is 0.750. The molecule has 11 heteroatoms. The Hall–Kier alpha value is -2.69. The topological polar surface area (TPSA) is 183 Å². The number of nitrogens with two attached hydrogens (primary N) is 2. The Morgan fingerprint density at radius 2 is 1.39 bits per heavy atom. The highest BCUT2D eigenvalue weighted by molar-refractivity contribution is 5.94. The standard InChI is InChI=1S/C20H37N5O6/c1-10(2)15(17(22)28)25-19(30)16(11(3)4)24-13(26)9-23-18(29)12(21)8-14(27)31-20(5,6)7/h10-12,15-16H,8-9,21H2,1-7H3,(H2,22,28)(H,23,29)(H,24,26)(H,25,30)/t12-,15-,16-/m0/s1. The molecule has 7 N–H and O–H groups in total. The van der Waals surface area contributed by atoms with Gasteiger partial charge in [-0.25, -0.2) is 0 Å². The third-order valence-electron chi connectivity index (χ3n) is 4.10. The molecule has 178 valence electrons. The SMILES string of the molecule is CC(C)[C@H](NC(=O)[C@@H](NC(=O)CNC(=O)[C@@H](N)CC(=O)OC(C)(C)C)C(C)C)C(N)=O. The largest absolute Gasteiger partial charge is 0.460 e. The lowest BCUT2D eigenvalue weighted by molar-refractivity contribution is -0.156.